The fraction of sp³-hybridized carbons (Fsp3) is 0. The Bertz CT molecular complexity index is 797. The van der Waals surface area contributed by atoms with E-state index in [-0.39, 0.29) is 11.1 Å². The van der Waals surface area contributed by atoms with Gasteiger partial charge in [0.1, 0.15) is 11.6 Å². The third-order valence-corrected chi connectivity index (χ3v) is 3.65. The minimum atomic E-state index is -0.475. The normalized spacial score (nSPS) is 10.6. The van der Waals surface area contributed by atoms with Gasteiger partial charge in [0.15, 0.2) is 0 Å². The molecule has 0 fully saturated rings. The SMILES string of the molecule is Fc1ccccc1-c1c(F)cccc1-c1ccccc1Cl. The Labute approximate surface area is 126 Å². The van der Waals surface area contributed by atoms with Gasteiger partial charge in [0, 0.05) is 21.7 Å². The summed E-state index contributed by atoms with van der Waals surface area (Å²) in [5.41, 5.74) is 1.71. The molecule has 21 heavy (non-hydrogen) atoms. The fourth-order valence-electron chi connectivity index (χ4n) is 2.37. The summed E-state index contributed by atoms with van der Waals surface area (Å²) in [6.07, 6.45) is 0. The Morgan fingerprint density at radius 1 is 0.571 bits per heavy atom. The fourth-order valence-corrected chi connectivity index (χ4v) is 2.60. The van der Waals surface area contributed by atoms with Crippen molar-refractivity contribution in [3.05, 3.63) is 83.4 Å². The van der Waals surface area contributed by atoms with Crippen LogP contribution in [0.5, 0.6) is 0 Å². The first-order valence-electron chi connectivity index (χ1n) is 6.47. The average molecular weight is 301 g/mol. The molecule has 0 atom stereocenters. The number of hydrogen-bond acceptors (Lipinski definition) is 0. The predicted molar refractivity (Wildman–Crippen MR) is 82.2 cm³/mol. The summed E-state index contributed by atoms with van der Waals surface area (Å²) in [4.78, 5) is 0. The molecule has 0 spiro atoms. The molecule has 0 radical (unpaired) electrons. The topological polar surface area (TPSA) is 0 Å². The molecule has 0 unspecified atom stereocenters. The van der Waals surface area contributed by atoms with Crippen LogP contribution in [0.4, 0.5) is 8.78 Å². The highest BCUT2D eigenvalue weighted by Gasteiger charge is 2.16. The number of halogens is 3. The van der Waals surface area contributed by atoms with E-state index in [0.29, 0.717) is 16.1 Å². The molecule has 104 valence electrons. The van der Waals surface area contributed by atoms with Crippen LogP contribution in [0.25, 0.3) is 22.3 Å². The summed E-state index contributed by atoms with van der Waals surface area (Å²) < 4.78 is 28.4. The van der Waals surface area contributed by atoms with Crippen molar-refractivity contribution in [3.63, 3.8) is 0 Å². The molecule has 3 aromatic carbocycles. The summed E-state index contributed by atoms with van der Waals surface area (Å²) in [7, 11) is 0. The van der Waals surface area contributed by atoms with Gasteiger partial charge in [0.2, 0.25) is 0 Å². The number of rotatable bonds is 2. The van der Waals surface area contributed by atoms with E-state index in [1.54, 1.807) is 48.5 Å². The maximum Gasteiger partial charge on any atom is 0.131 e. The molecule has 0 saturated carbocycles. The lowest BCUT2D eigenvalue weighted by Crippen LogP contribution is -1.93. The van der Waals surface area contributed by atoms with E-state index in [9.17, 15) is 8.78 Å². The molecule has 0 heterocycles. The van der Waals surface area contributed by atoms with E-state index in [1.807, 2.05) is 6.07 Å². The summed E-state index contributed by atoms with van der Waals surface area (Å²) >= 11 is 6.19. The van der Waals surface area contributed by atoms with Gasteiger partial charge in [-0.25, -0.2) is 8.78 Å². The van der Waals surface area contributed by atoms with Gasteiger partial charge in [-0.15, -0.1) is 0 Å². The highest BCUT2D eigenvalue weighted by Crippen LogP contribution is 2.38. The summed E-state index contributed by atoms with van der Waals surface area (Å²) in [5.74, 6) is -0.937. The zero-order valence-corrected chi connectivity index (χ0v) is 11.7. The van der Waals surface area contributed by atoms with Gasteiger partial charge >= 0.3 is 0 Å². The van der Waals surface area contributed by atoms with Crippen LogP contribution in [0, 0.1) is 11.6 Å². The minimum absolute atomic E-state index is 0.226. The Balaban J connectivity index is 2.32. The van der Waals surface area contributed by atoms with Crippen LogP contribution < -0.4 is 0 Å². The van der Waals surface area contributed by atoms with Crippen molar-refractivity contribution in [3.8, 4) is 22.3 Å². The number of benzene rings is 3. The van der Waals surface area contributed by atoms with Gasteiger partial charge in [-0.2, -0.15) is 0 Å². The van der Waals surface area contributed by atoms with E-state index in [1.165, 1.54) is 12.1 Å². The minimum Gasteiger partial charge on any atom is -0.206 e. The van der Waals surface area contributed by atoms with Crippen molar-refractivity contribution >= 4 is 11.6 Å². The molecule has 0 saturated heterocycles. The molecule has 0 aliphatic rings. The van der Waals surface area contributed by atoms with Crippen molar-refractivity contribution in [1.29, 1.82) is 0 Å². The molecule has 0 nitrogen and oxygen atoms in total. The van der Waals surface area contributed by atoms with Crippen molar-refractivity contribution in [2.24, 2.45) is 0 Å². The monoisotopic (exact) mass is 300 g/mol. The largest absolute Gasteiger partial charge is 0.206 e. The van der Waals surface area contributed by atoms with E-state index in [0.717, 1.165) is 0 Å². The van der Waals surface area contributed by atoms with Gasteiger partial charge in [-0.3, -0.25) is 0 Å². The van der Waals surface area contributed by atoms with Crippen molar-refractivity contribution < 1.29 is 8.78 Å². The maximum absolute atomic E-state index is 14.3. The standard InChI is InChI=1S/C18H11ClF2/c19-15-9-3-1-6-12(15)13-8-5-11-17(21)18(13)14-7-2-4-10-16(14)20/h1-11H. The molecule has 0 aliphatic carbocycles. The van der Waals surface area contributed by atoms with Gasteiger partial charge in [0.05, 0.1) is 0 Å². The molecule has 0 N–H and O–H groups in total. The molecule has 3 rings (SSSR count). The smallest absolute Gasteiger partial charge is 0.131 e. The third-order valence-electron chi connectivity index (χ3n) is 3.32. The molecule has 0 amide bonds. The summed E-state index contributed by atoms with van der Waals surface area (Å²) in [6.45, 7) is 0. The highest BCUT2D eigenvalue weighted by molar-refractivity contribution is 6.33. The third kappa shape index (κ3) is 2.55. The lowest BCUT2D eigenvalue weighted by atomic mass is 9.94. The van der Waals surface area contributed by atoms with E-state index in [4.69, 9.17) is 11.6 Å². The van der Waals surface area contributed by atoms with Gasteiger partial charge in [-0.1, -0.05) is 60.1 Å². The van der Waals surface area contributed by atoms with Gasteiger partial charge in [0.25, 0.3) is 0 Å². The highest BCUT2D eigenvalue weighted by atomic mass is 35.5. The van der Waals surface area contributed by atoms with E-state index in [2.05, 4.69) is 0 Å². The second-order valence-corrected chi connectivity index (χ2v) is 5.03. The summed E-state index contributed by atoms with van der Waals surface area (Å²) in [5, 5.41) is 0.501. The maximum atomic E-state index is 14.3. The first kappa shape index (κ1) is 13.8. The van der Waals surface area contributed by atoms with Crippen LogP contribution in [0.1, 0.15) is 0 Å². The molecular formula is C18H11ClF2. The Kier molecular flexibility index (Phi) is 3.72. The lowest BCUT2D eigenvalue weighted by molar-refractivity contribution is 0.616. The van der Waals surface area contributed by atoms with Crippen molar-refractivity contribution in [2.75, 3.05) is 0 Å². The first-order valence-corrected chi connectivity index (χ1v) is 6.84. The van der Waals surface area contributed by atoms with E-state index < -0.39 is 11.6 Å². The molecule has 0 aromatic heterocycles. The Morgan fingerprint density at radius 2 is 1.14 bits per heavy atom. The quantitative estimate of drug-likeness (QED) is 0.548. The zero-order valence-electron chi connectivity index (χ0n) is 11.0. The Morgan fingerprint density at radius 3 is 1.86 bits per heavy atom. The van der Waals surface area contributed by atoms with E-state index >= 15 is 0 Å². The van der Waals surface area contributed by atoms with Gasteiger partial charge < -0.3 is 0 Å². The number of hydrogen-bond donors (Lipinski definition) is 0. The van der Waals surface area contributed by atoms with Crippen LogP contribution in [-0.4, -0.2) is 0 Å². The zero-order chi connectivity index (χ0) is 14.8. The first-order chi connectivity index (χ1) is 10.2. The second-order valence-electron chi connectivity index (χ2n) is 4.62. The molecule has 3 heteroatoms. The van der Waals surface area contributed by atoms with Crippen LogP contribution in [0.3, 0.4) is 0 Å². The van der Waals surface area contributed by atoms with Gasteiger partial charge in [-0.05, 0) is 23.8 Å². The molecule has 0 bridgehead atoms. The predicted octanol–water partition coefficient (Wildman–Crippen LogP) is 5.95. The Hall–Kier alpha value is -2.19. The summed E-state index contributed by atoms with van der Waals surface area (Å²) in [6, 6.07) is 17.9. The second kappa shape index (κ2) is 5.66. The molecule has 0 aliphatic heterocycles. The molecular weight excluding hydrogens is 290 g/mol. The van der Waals surface area contributed by atoms with Crippen LogP contribution >= 0.6 is 11.6 Å². The van der Waals surface area contributed by atoms with Crippen molar-refractivity contribution in [1.82, 2.24) is 0 Å². The molecule has 3 aromatic rings. The lowest BCUT2D eigenvalue weighted by Gasteiger charge is -2.13. The van der Waals surface area contributed by atoms with Crippen LogP contribution in [-0.2, 0) is 0 Å². The van der Waals surface area contributed by atoms with Crippen molar-refractivity contribution in [2.45, 2.75) is 0 Å². The average Bonchev–Trinajstić information content (AvgIpc) is 2.49. The van der Waals surface area contributed by atoms with Crippen LogP contribution in [0.15, 0.2) is 66.7 Å². The van der Waals surface area contributed by atoms with Crippen LogP contribution in [0.2, 0.25) is 5.02 Å².